The molecule has 2 aliphatic rings. The zero-order valence-corrected chi connectivity index (χ0v) is 19.1. The lowest BCUT2D eigenvalue weighted by atomic mass is 10.1. The first kappa shape index (κ1) is 22.8. The van der Waals surface area contributed by atoms with Gasteiger partial charge in [-0.05, 0) is 73.9 Å². The van der Waals surface area contributed by atoms with Crippen molar-refractivity contribution in [3.63, 3.8) is 0 Å². The van der Waals surface area contributed by atoms with Crippen LogP contribution in [0.4, 0.5) is 4.79 Å². The van der Waals surface area contributed by atoms with Crippen molar-refractivity contribution in [2.45, 2.75) is 26.2 Å². The minimum Gasteiger partial charge on any atom is -0.423 e. The van der Waals surface area contributed by atoms with Crippen molar-refractivity contribution < 1.29 is 23.9 Å². The minimum absolute atomic E-state index is 0.196. The van der Waals surface area contributed by atoms with Crippen LogP contribution in [0.3, 0.4) is 0 Å². The van der Waals surface area contributed by atoms with Crippen molar-refractivity contribution in [1.29, 1.82) is 0 Å². The minimum atomic E-state index is -0.467. The first-order chi connectivity index (χ1) is 15.9. The van der Waals surface area contributed by atoms with Crippen LogP contribution in [0.1, 0.15) is 40.7 Å². The van der Waals surface area contributed by atoms with Crippen molar-refractivity contribution in [1.82, 2.24) is 9.80 Å². The van der Waals surface area contributed by atoms with Crippen LogP contribution in [-0.4, -0.2) is 52.5 Å². The monoisotopic (exact) mass is 464 g/mol. The van der Waals surface area contributed by atoms with Crippen molar-refractivity contribution in [2.75, 3.05) is 19.6 Å². The van der Waals surface area contributed by atoms with E-state index in [1.54, 1.807) is 47.4 Å². The molecule has 8 heteroatoms. The molecule has 4 rings (SSSR count). The summed E-state index contributed by atoms with van der Waals surface area (Å²) in [5.41, 5.74) is 2.19. The number of carbonyl (C=O) groups excluding carboxylic acids is 4. The maximum atomic E-state index is 12.7. The van der Waals surface area contributed by atoms with Crippen LogP contribution in [0, 0.1) is 6.92 Å². The van der Waals surface area contributed by atoms with Gasteiger partial charge in [0.15, 0.2) is 0 Å². The molecule has 0 radical (unpaired) electrons. The van der Waals surface area contributed by atoms with E-state index in [4.69, 9.17) is 4.74 Å². The Hall–Kier alpha value is -3.39. The fourth-order valence-corrected chi connectivity index (χ4v) is 4.49. The van der Waals surface area contributed by atoms with E-state index in [0.717, 1.165) is 41.5 Å². The lowest BCUT2D eigenvalue weighted by Gasteiger charge is -2.27. The molecule has 0 saturated carbocycles. The number of amides is 3. The lowest BCUT2D eigenvalue weighted by molar-refractivity contribution is -0.136. The van der Waals surface area contributed by atoms with Crippen molar-refractivity contribution in [3.05, 3.63) is 70.1 Å². The molecule has 0 unspecified atom stereocenters. The number of nitrogens with zero attached hydrogens (tertiary/aromatic N) is 2. The average Bonchev–Trinajstić information content (AvgIpc) is 3.08. The maximum Gasteiger partial charge on any atom is 0.343 e. The number of aryl methyl sites for hydroxylation is 1. The number of likely N-dealkylation sites (tertiary alicyclic amines) is 1. The molecule has 33 heavy (non-hydrogen) atoms. The Morgan fingerprint density at radius 1 is 0.970 bits per heavy atom. The van der Waals surface area contributed by atoms with Gasteiger partial charge in [-0.25, -0.2) is 4.79 Å². The summed E-state index contributed by atoms with van der Waals surface area (Å²) in [6, 6.07) is 13.7. The summed E-state index contributed by atoms with van der Waals surface area (Å²) in [4.78, 5) is 52.7. The molecule has 2 aromatic carbocycles. The first-order valence-electron chi connectivity index (χ1n) is 10.8. The summed E-state index contributed by atoms with van der Waals surface area (Å²) < 4.78 is 5.39. The number of esters is 1. The van der Waals surface area contributed by atoms with E-state index in [1.807, 2.05) is 19.1 Å². The molecular formula is C25H24N2O5S. The van der Waals surface area contributed by atoms with Crippen molar-refractivity contribution in [2.24, 2.45) is 0 Å². The maximum absolute atomic E-state index is 12.7. The molecule has 170 valence electrons. The van der Waals surface area contributed by atoms with E-state index in [1.165, 1.54) is 0 Å². The summed E-state index contributed by atoms with van der Waals surface area (Å²) in [5, 5.41) is -0.444. The lowest BCUT2D eigenvalue weighted by Crippen LogP contribution is -2.44. The first-order valence-corrected chi connectivity index (χ1v) is 11.6. The van der Waals surface area contributed by atoms with Crippen molar-refractivity contribution >= 4 is 40.9 Å². The second kappa shape index (κ2) is 10.0. The fraction of sp³-hybridized carbons (Fsp3) is 0.280. The van der Waals surface area contributed by atoms with Gasteiger partial charge in [-0.3, -0.25) is 19.3 Å². The zero-order valence-electron chi connectivity index (χ0n) is 18.3. The van der Waals surface area contributed by atoms with Gasteiger partial charge in [0, 0.05) is 13.1 Å². The predicted molar refractivity (Wildman–Crippen MR) is 126 cm³/mol. The second-order valence-electron chi connectivity index (χ2n) is 8.03. The largest absolute Gasteiger partial charge is 0.423 e. The third-order valence-electron chi connectivity index (χ3n) is 5.55. The smallest absolute Gasteiger partial charge is 0.343 e. The van der Waals surface area contributed by atoms with E-state index >= 15 is 0 Å². The molecule has 0 atom stereocenters. The van der Waals surface area contributed by atoms with Crippen molar-refractivity contribution in [3.8, 4) is 5.75 Å². The molecule has 0 aromatic heterocycles. The summed E-state index contributed by atoms with van der Waals surface area (Å²) in [7, 11) is 0. The highest BCUT2D eigenvalue weighted by atomic mass is 32.2. The SMILES string of the molecule is Cc1ccc(C(=O)Oc2ccc(/C=C3\SC(=O)N(CC(=O)N4CCCCC4)C3=O)cc2)cc1. The van der Waals surface area contributed by atoms with Gasteiger partial charge in [-0.1, -0.05) is 29.8 Å². The zero-order chi connectivity index (χ0) is 23.4. The van der Waals surface area contributed by atoms with Crippen LogP contribution < -0.4 is 4.74 Å². The number of benzene rings is 2. The van der Waals surface area contributed by atoms with Gasteiger partial charge in [0.05, 0.1) is 10.5 Å². The molecule has 2 fully saturated rings. The Labute approximate surface area is 196 Å². The fourth-order valence-electron chi connectivity index (χ4n) is 3.65. The quantitative estimate of drug-likeness (QED) is 0.373. The normalized spacial score (nSPS) is 17.5. The van der Waals surface area contributed by atoms with Crippen LogP contribution in [0.5, 0.6) is 5.75 Å². The predicted octanol–water partition coefficient (Wildman–Crippen LogP) is 4.26. The molecule has 0 spiro atoms. The Balaban J connectivity index is 1.38. The summed E-state index contributed by atoms with van der Waals surface area (Å²) >= 11 is 0.821. The Morgan fingerprint density at radius 2 is 1.64 bits per heavy atom. The number of piperidine rings is 1. The van der Waals surface area contributed by atoms with E-state index in [0.29, 0.717) is 30.0 Å². The standard InChI is InChI=1S/C25H24N2O5S/c1-17-5-9-19(10-6-17)24(30)32-20-11-7-18(8-12-20)15-21-23(29)27(25(31)33-21)16-22(28)26-13-3-2-4-14-26/h5-12,15H,2-4,13-14,16H2,1H3/b21-15-. The van der Waals surface area contributed by atoms with E-state index in [2.05, 4.69) is 0 Å². The van der Waals surface area contributed by atoms with Crippen LogP contribution in [0.15, 0.2) is 53.4 Å². The van der Waals surface area contributed by atoms with Gasteiger partial charge in [-0.15, -0.1) is 0 Å². The van der Waals surface area contributed by atoms with E-state index < -0.39 is 17.1 Å². The molecule has 0 N–H and O–H groups in total. The third kappa shape index (κ3) is 5.51. The number of hydrogen-bond donors (Lipinski definition) is 0. The van der Waals surface area contributed by atoms with Gasteiger partial charge in [0.1, 0.15) is 12.3 Å². The number of carbonyl (C=O) groups is 4. The summed E-state index contributed by atoms with van der Waals surface area (Å²) in [5.74, 6) is -0.747. The molecule has 0 aliphatic carbocycles. The molecule has 2 heterocycles. The highest BCUT2D eigenvalue weighted by Gasteiger charge is 2.37. The Bertz CT molecular complexity index is 1100. The second-order valence-corrected chi connectivity index (χ2v) is 9.03. The van der Waals surface area contributed by atoms with Crippen LogP contribution >= 0.6 is 11.8 Å². The number of thioether (sulfide) groups is 1. The highest BCUT2D eigenvalue weighted by molar-refractivity contribution is 8.18. The van der Waals surface area contributed by atoms with E-state index in [9.17, 15) is 19.2 Å². The van der Waals surface area contributed by atoms with Crippen LogP contribution in [0.2, 0.25) is 0 Å². The molecular weight excluding hydrogens is 440 g/mol. The van der Waals surface area contributed by atoms with Gasteiger partial charge in [-0.2, -0.15) is 0 Å². The highest BCUT2D eigenvalue weighted by Crippen LogP contribution is 2.32. The molecule has 7 nitrogen and oxygen atoms in total. The van der Waals surface area contributed by atoms with E-state index in [-0.39, 0.29) is 17.4 Å². The van der Waals surface area contributed by atoms with Crippen LogP contribution in [0.25, 0.3) is 6.08 Å². The molecule has 2 aromatic rings. The Morgan fingerprint density at radius 3 is 2.30 bits per heavy atom. The molecule has 3 amide bonds. The molecule has 2 saturated heterocycles. The Kier molecular flexibility index (Phi) is 6.93. The number of imide groups is 1. The number of hydrogen-bond acceptors (Lipinski definition) is 6. The number of ether oxygens (including phenoxy) is 1. The van der Waals surface area contributed by atoms with Gasteiger partial charge in [0.25, 0.3) is 11.1 Å². The summed E-state index contributed by atoms with van der Waals surface area (Å²) in [6.45, 7) is 3.06. The van der Waals surface area contributed by atoms with Gasteiger partial charge >= 0.3 is 5.97 Å². The number of rotatable bonds is 5. The van der Waals surface area contributed by atoms with Crippen LogP contribution in [-0.2, 0) is 9.59 Å². The van der Waals surface area contributed by atoms with Gasteiger partial charge < -0.3 is 9.64 Å². The topological polar surface area (TPSA) is 84.0 Å². The average molecular weight is 465 g/mol. The third-order valence-corrected chi connectivity index (χ3v) is 6.46. The van der Waals surface area contributed by atoms with Gasteiger partial charge in [0.2, 0.25) is 5.91 Å². The summed E-state index contributed by atoms with van der Waals surface area (Å²) in [6.07, 6.45) is 4.59. The molecule has 2 aliphatic heterocycles. The molecule has 0 bridgehead atoms.